The van der Waals surface area contributed by atoms with Crippen LogP contribution in [0.5, 0.6) is 5.75 Å². The highest BCUT2D eigenvalue weighted by atomic mass is 32.1. The van der Waals surface area contributed by atoms with E-state index in [9.17, 15) is 4.79 Å². The van der Waals surface area contributed by atoms with Crippen LogP contribution in [0.2, 0.25) is 0 Å². The molecule has 0 saturated carbocycles. The van der Waals surface area contributed by atoms with Crippen molar-refractivity contribution in [2.75, 3.05) is 18.1 Å². The Labute approximate surface area is 191 Å². The fourth-order valence-corrected chi connectivity index (χ4v) is 4.78. The summed E-state index contributed by atoms with van der Waals surface area (Å²) in [6, 6.07) is 9.73. The van der Waals surface area contributed by atoms with Gasteiger partial charge in [-0.2, -0.15) is 10.2 Å². The maximum atomic E-state index is 13.7. The number of hydrogen-bond acceptors (Lipinski definition) is 6. The van der Waals surface area contributed by atoms with Gasteiger partial charge in [-0.05, 0) is 58.9 Å². The Balaban J connectivity index is 1.74. The Kier molecular flexibility index (Phi) is 6.27. The Morgan fingerprint density at radius 1 is 1.09 bits per heavy atom. The number of carbonyl (C=O) groups is 1. The number of carbonyl (C=O) groups excluding carboxylic acids is 1. The van der Waals surface area contributed by atoms with Gasteiger partial charge in [0.25, 0.3) is 5.91 Å². The molecule has 168 valence electrons. The van der Waals surface area contributed by atoms with E-state index in [0.29, 0.717) is 37.1 Å². The Morgan fingerprint density at radius 3 is 2.53 bits per heavy atom. The zero-order valence-electron chi connectivity index (χ0n) is 19.1. The van der Waals surface area contributed by atoms with Crippen molar-refractivity contribution in [1.29, 1.82) is 0 Å². The SMILES string of the molecule is CCOc1cccc2sc(N(CCn3nc(C)cc3C)C(=O)c3cc(C)nn3CC)nc12. The minimum Gasteiger partial charge on any atom is -0.492 e. The number of aryl methyl sites for hydroxylation is 4. The van der Waals surface area contributed by atoms with Gasteiger partial charge in [0.1, 0.15) is 17.0 Å². The highest BCUT2D eigenvalue weighted by Crippen LogP contribution is 2.35. The quantitative estimate of drug-likeness (QED) is 0.396. The molecule has 0 aliphatic carbocycles. The first kappa shape index (κ1) is 22.0. The number of para-hydroxylation sites is 1. The van der Waals surface area contributed by atoms with Crippen LogP contribution in [0.15, 0.2) is 30.3 Å². The molecule has 0 aliphatic heterocycles. The van der Waals surface area contributed by atoms with Gasteiger partial charge in [-0.25, -0.2) is 4.98 Å². The van der Waals surface area contributed by atoms with Crippen LogP contribution in [0.1, 0.15) is 41.4 Å². The maximum absolute atomic E-state index is 13.7. The lowest BCUT2D eigenvalue weighted by molar-refractivity contribution is 0.0975. The molecule has 0 unspecified atom stereocenters. The van der Waals surface area contributed by atoms with Gasteiger partial charge >= 0.3 is 0 Å². The van der Waals surface area contributed by atoms with E-state index in [0.717, 1.165) is 33.0 Å². The van der Waals surface area contributed by atoms with Gasteiger partial charge in [-0.1, -0.05) is 17.4 Å². The number of aromatic nitrogens is 5. The molecule has 1 aromatic carbocycles. The number of ether oxygens (including phenoxy) is 1. The van der Waals surface area contributed by atoms with Gasteiger partial charge in [0.15, 0.2) is 5.13 Å². The van der Waals surface area contributed by atoms with Crippen molar-refractivity contribution in [2.45, 2.75) is 47.7 Å². The van der Waals surface area contributed by atoms with E-state index in [-0.39, 0.29) is 5.91 Å². The van der Waals surface area contributed by atoms with Crippen LogP contribution in [0.3, 0.4) is 0 Å². The van der Waals surface area contributed by atoms with Crippen molar-refractivity contribution in [3.63, 3.8) is 0 Å². The van der Waals surface area contributed by atoms with E-state index in [1.165, 1.54) is 11.3 Å². The van der Waals surface area contributed by atoms with Crippen molar-refractivity contribution in [2.24, 2.45) is 0 Å². The third kappa shape index (κ3) is 4.25. The third-order valence-corrected chi connectivity index (χ3v) is 6.25. The highest BCUT2D eigenvalue weighted by molar-refractivity contribution is 7.22. The summed E-state index contributed by atoms with van der Waals surface area (Å²) in [7, 11) is 0. The lowest BCUT2D eigenvalue weighted by Gasteiger charge is -2.20. The summed E-state index contributed by atoms with van der Waals surface area (Å²) in [6.45, 7) is 12.0. The predicted molar refractivity (Wildman–Crippen MR) is 127 cm³/mol. The number of rotatable bonds is 8. The molecule has 0 saturated heterocycles. The first-order chi connectivity index (χ1) is 15.4. The summed E-state index contributed by atoms with van der Waals surface area (Å²) < 4.78 is 10.4. The molecule has 0 fully saturated rings. The van der Waals surface area contributed by atoms with E-state index in [2.05, 4.69) is 10.2 Å². The largest absolute Gasteiger partial charge is 0.492 e. The zero-order chi connectivity index (χ0) is 22.8. The molecule has 4 aromatic rings. The monoisotopic (exact) mass is 452 g/mol. The Morgan fingerprint density at radius 2 is 1.84 bits per heavy atom. The summed E-state index contributed by atoms with van der Waals surface area (Å²) in [6.07, 6.45) is 0. The summed E-state index contributed by atoms with van der Waals surface area (Å²) >= 11 is 1.49. The molecule has 0 spiro atoms. The smallest absolute Gasteiger partial charge is 0.278 e. The van der Waals surface area contributed by atoms with Crippen LogP contribution in [0.4, 0.5) is 5.13 Å². The van der Waals surface area contributed by atoms with Crippen LogP contribution in [-0.4, -0.2) is 43.6 Å². The number of amides is 1. The van der Waals surface area contributed by atoms with E-state index in [4.69, 9.17) is 9.72 Å². The number of nitrogens with zero attached hydrogens (tertiary/aromatic N) is 6. The fraction of sp³-hybridized carbons (Fsp3) is 0.391. The molecular formula is C23H28N6O2S. The normalized spacial score (nSPS) is 11.3. The molecule has 1 amide bonds. The summed E-state index contributed by atoms with van der Waals surface area (Å²) in [4.78, 5) is 20.3. The van der Waals surface area contributed by atoms with Gasteiger partial charge in [0.2, 0.25) is 0 Å². The second-order valence-electron chi connectivity index (χ2n) is 7.63. The van der Waals surface area contributed by atoms with E-state index < -0.39 is 0 Å². The van der Waals surface area contributed by atoms with E-state index in [1.807, 2.05) is 69.6 Å². The molecule has 9 heteroatoms. The van der Waals surface area contributed by atoms with Crippen molar-refractivity contribution in [3.8, 4) is 5.75 Å². The first-order valence-corrected chi connectivity index (χ1v) is 11.6. The molecule has 4 rings (SSSR count). The van der Waals surface area contributed by atoms with Crippen LogP contribution in [0, 0.1) is 20.8 Å². The van der Waals surface area contributed by atoms with Crippen LogP contribution < -0.4 is 9.64 Å². The third-order valence-electron chi connectivity index (χ3n) is 5.21. The van der Waals surface area contributed by atoms with Crippen molar-refractivity contribution >= 4 is 32.6 Å². The Bertz CT molecular complexity index is 1250. The highest BCUT2D eigenvalue weighted by Gasteiger charge is 2.25. The van der Waals surface area contributed by atoms with E-state index >= 15 is 0 Å². The molecule has 0 N–H and O–H groups in total. The predicted octanol–water partition coefficient (Wildman–Crippen LogP) is 4.38. The standard InChI is InChI=1S/C23H28N6O2S/c1-6-28-18(14-16(4)25-28)22(30)27(11-12-29-17(5)13-15(3)26-29)23-24-21-19(31-7-2)9-8-10-20(21)32-23/h8-10,13-14H,6-7,11-12H2,1-5H3. The average molecular weight is 453 g/mol. The number of fused-ring (bicyclic) bond motifs is 1. The topological polar surface area (TPSA) is 78.1 Å². The summed E-state index contributed by atoms with van der Waals surface area (Å²) in [5.74, 6) is 0.610. The lowest BCUT2D eigenvalue weighted by atomic mass is 10.3. The Hall–Kier alpha value is -3.20. The minimum atomic E-state index is -0.119. The van der Waals surface area contributed by atoms with Crippen molar-refractivity contribution in [3.05, 3.63) is 53.1 Å². The van der Waals surface area contributed by atoms with E-state index in [1.54, 1.807) is 9.58 Å². The molecule has 0 atom stereocenters. The van der Waals surface area contributed by atoms with Gasteiger partial charge in [-0.3, -0.25) is 19.1 Å². The average Bonchev–Trinajstić information content (AvgIpc) is 3.45. The molecule has 0 radical (unpaired) electrons. The van der Waals surface area contributed by atoms with Crippen LogP contribution in [0.25, 0.3) is 10.2 Å². The second kappa shape index (κ2) is 9.12. The van der Waals surface area contributed by atoms with Gasteiger partial charge in [0.05, 0.1) is 29.2 Å². The van der Waals surface area contributed by atoms with Gasteiger partial charge in [0, 0.05) is 18.8 Å². The number of anilines is 1. The first-order valence-electron chi connectivity index (χ1n) is 10.8. The second-order valence-corrected chi connectivity index (χ2v) is 8.64. The molecule has 0 aliphatic rings. The lowest BCUT2D eigenvalue weighted by Crippen LogP contribution is -2.35. The maximum Gasteiger partial charge on any atom is 0.278 e. The molecule has 3 aromatic heterocycles. The molecule has 32 heavy (non-hydrogen) atoms. The number of benzene rings is 1. The summed E-state index contributed by atoms with van der Waals surface area (Å²) in [5.41, 5.74) is 4.17. The zero-order valence-corrected chi connectivity index (χ0v) is 19.9. The number of hydrogen-bond donors (Lipinski definition) is 0. The van der Waals surface area contributed by atoms with Crippen LogP contribution >= 0.6 is 11.3 Å². The molecule has 0 bridgehead atoms. The van der Waals surface area contributed by atoms with Crippen LogP contribution in [-0.2, 0) is 13.1 Å². The fourth-order valence-electron chi connectivity index (χ4n) is 3.78. The van der Waals surface area contributed by atoms with Gasteiger partial charge in [-0.15, -0.1) is 0 Å². The number of thiazole rings is 1. The molecule has 8 nitrogen and oxygen atoms in total. The van der Waals surface area contributed by atoms with Gasteiger partial charge < -0.3 is 4.74 Å². The minimum absolute atomic E-state index is 0.119. The molecule has 3 heterocycles. The van der Waals surface area contributed by atoms with Crippen molar-refractivity contribution in [1.82, 2.24) is 24.5 Å². The van der Waals surface area contributed by atoms with Crippen molar-refractivity contribution < 1.29 is 9.53 Å². The molecular weight excluding hydrogens is 424 g/mol. The summed E-state index contributed by atoms with van der Waals surface area (Å²) in [5, 5.41) is 9.65.